The van der Waals surface area contributed by atoms with Crippen LogP contribution in [0.25, 0.3) is 0 Å². The molecule has 17 atom stereocenters. The van der Waals surface area contributed by atoms with E-state index in [9.17, 15) is 61.0 Å². The molecule has 602 valence electrons. The number of unbranched alkanes of at least 4 members (excludes halogenated alkanes) is 43. The Hall–Kier alpha value is -2.51. The van der Waals surface area contributed by atoms with Gasteiger partial charge in [0.15, 0.2) is 18.9 Å². The monoisotopic (exact) mass is 1460 g/mol. The van der Waals surface area contributed by atoms with Gasteiger partial charge in [-0.2, -0.15) is 0 Å². The van der Waals surface area contributed by atoms with Crippen LogP contribution in [-0.2, 0) is 33.2 Å². The Morgan fingerprint density at radius 2 is 0.650 bits per heavy atom. The minimum atomic E-state index is -1.98. The van der Waals surface area contributed by atoms with Crippen molar-refractivity contribution in [2.45, 2.75) is 439 Å². The van der Waals surface area contributed by atoms with E-state index in [-0.39, 0.29) is 18.9 Å². The Morgan fingerprint density at radius 1 is 0.350 bits per heavy atom. The fraction of sp³-hybridized carbons (Fsp3) is 0.869. The second-order valence-corrected chi connectivity index (χ2v) is 29.9. The molecule has 19 nitrogen and oxygen atoms in total. The number of allylic oxidation sites excluding steroid dienone is 9. The zero-order valence-corrected chi connectivity index (χ0v) is 64.5. The van der Waals surface area contributed by atoms with Gasteiger partial charge in [0.2, 0.25) is 5.91 Å². The first-order valence-corrected chi connectivity index (χ1v) is 42.0. The van der Waals surface area contributed by atoms with Gasteiger partial charge in [0.25, 0.3) is 0 Å². The zero-order valence-electron chi connectivity index (χ0n) is 64.5. The van der Waals surface area contributed by atoms with Crippen LogP contribution in [0.3, 0.4) is 0 Å². The number of aliphatic hydroxyl groups is 11. The number of rotatable bonds is 67. The lowest BCUT2D eigenvalue weighted by atomic mass is 9.96. The SMILES string of the molecule is CCCCCCC/C=C\C/C=C\C/C=C\CCCCCCCCCCCCCCCCCCCCCCCCCCC(=O)NC(COC1OC(CO)C(OC2OC(CO)C(OC3OC(CO)C(O)C(O)C3O)C(O)C2O)C(O)C1O)C(O)/C=C/CC/C=C/CCCCCCCCCCCCCCC. The number of ether oxygens (including phenoxy) is 6. The van der Waals surface area contributed by atoms with E-state index in [2.05, 4.69) is 67.8 Å². The molecule has 3 fully saturated rings. The molecular weight excluding hydrogens is 1310 g/mol. The fourth-order valence-corrected chi connectivity index (χ4v) is 14.0. The molecule has 17 unspecified atom stereocenters. The summed E-state index contributed by atoms with van der Waals surface area (Å²) in [5.74, 6) is -0.280. The average Bonchev–Trinajstić information content (AvgIpc) is 0.781. The van der Waals surface area contributed by atoms with Crippen molar-refractivity contribution >= 4 is 5.91 Å². The lowest BCUT2D eigenvalue weighted by molar-refractivity contribution is -0.379. The van der Waals surface area contributed by atoms with Crippen molar-refractivity contribution in [1.82, 2.24) is 5.32 Å². The number of carbonyl (C=O) groups is 1. The zero-order chi connectivity index (χ0) is 74.6. The average molecular weight is 1470 g/mol. The molecule has 3 aliphatic heterocycles. The smallest absolute Gasteiger partial charge is 0.220 e. The van der Waals surface area contributed by atoms with Crippen molar-refractivity contribution in [3.8, 4) is 0 Å². The van der Waals surface area contributed by atoms with Crippen molar-refractivity contribution in [3.63, 3.8) is 0 Å². The molecule has 3 saturated heterocycles. The van der Waals surface area contributed by atoms with Gasteiger partial charge in [-0.1, -0.05) is 319 Å². The third-order valence-corrected chi connectivity index (χ3v) is 20.8. The molecule has 3 heterocycles. The van der Waals surface area contributed by atoms with E-state index >= 15 is 0 Å². The van der Waals surface area contributed by atoms with Gasteiger partial charge in [0, 0.05) is 6.42 Å². The van der Waals surface area contributed by atoms with Crippen LogP contribution < -0.4 is 5.32 Å². The van der Waals surface area contributed by atoms with Crippen LogP contribution in [0.2, 0.25) is 0 Å². The summed E-state index contributed by atoms with van der Waals surface area (Å²) in [7, 11) is 0. The molecule has 0 saturated carbocycles. The van der Waals surface area contributed by atoms with E-state index in [0.29, 0.717) is 12.8 Å². The minimum Gasteiger partial charge on any atom is -0.394 e. The van der Waals surface area contributed by atoms with E-state index < -0.39 is 124 Å². The third kappa shape index (κ3) is 44.1. The summed E-state index contributed by atoms with van der Waals surface area (Å²) >= 11 is 0. The van der Waals surface area contributed by atoms with Gasteiger partial charge >= 0.3 is 0 Å². The topological polar surface area (TPSA) is 307 Å². The predicted octanol–water partition coefficient (Wildman–Crippen LogP) is 14.6. The number of carbonyl (C=O) groups excluding carboxylic acids is 1. The molecule has 3 aliphatic rings. The van der Waals surface area contributed by atoms with Crippen molar-refractivity contribution in [1.29, 1.82) is 0 Å². The van der Waals surface area contributed by atoms with Crippen molar-refractivity contribution in [3.05, 3.63) is 60.8 Å². The molecule has 0 radical (unpaired) electrons. The highest BCUT2D eigenvalue weighted by Gasteiger charge is 2.54. The molecule has 12 N–H and O–H groups in total. The maximum atomic E-state index is 13.5. The van der Waals surface area contributed by atoms with Crippen LogP contribution in [0.15, 0.2) is 60.8 Å². The fourth-order valence-electron chi connectivity index (χ4n) is 14.0. The normalized spacial score (nSPS) is 26.3. The second kappa shape index (κ2) is 64.3. The Morgan fingerprint density at radius 3 is 1.04 bits per heavy atom. The lowest BCUT2D eigenvalue weighted by Crippen LogP contribution is -2.66. The first kappa shape index (κ1) is 94.7. The van der Waals surface area contributed by atoms with Gasteiger partial charge in [0.1, 0.15) is 73.2 Å². The van der Waals surface area contributed by atoms with Gasteiger partial charge in [-0.15, -0.1) is 0 Å². The molecule has 3 rings (SSSR count). The highest BCUT2D eigenvalue weighted by molar-refractivity contribution is 5.76. The molecule has 0 bridgehead atoms. The Bertz CT molecular complexity index is 2090. The summed E-state index contributed by atoms with van der Waals surface area (Å²) in [5.41, 5.74) is 0. The van der Waals surface area contributed by atoms with Gasteiger partial charge in [-0.05, 0) is 70.6 Å². The van der Waals surface area contributed by atoms with Crippen LogP contribution in [0.5, 0.6) is 0 Å². The minimum absolute atomic E-state index is 0.238. The van der Waals surface area contributed by atoms with Crippen molar-refractivity contribution in [2.75, 3.05) is 26.4 Å². The van der Waals surface area contributed by atoms with Crippen LogP contribution in [0.4, 0.5) is 0 Å². The Balaban J connectivity index is 1.31. The van der Waals surface area contributed by atoms with Crippen molar-refractivity contribution in [2.24, 2.45) is 0 Å². The van der Waals surface area contributed by atoms with E-state index in [1.807, 2.05) is 6.08 Å². The Labute approximate surface area is 624 Å². The number of hydrogen-bond acceptors (Lipinski definition) is 18. The summed E-state index contributed by atoms with van der Waals surface area (Å²) < 4.78 is 34.4. The highest BCUT2D eigenvalue weighted by atomic mass is 16.8. The van der Waals surface area contributed by atoms with Crippen molar-refractivity contribution < 1.29 is 89.4 Å². The summed E-state index contributed by atoms with van der Waals surface area (Å²) in [6, 6.07) is -0.991. The summed E-state index contributed by atoms with van der Waals surface area (Å²) in [5, 5.41) is 121. The predicted molar refractivity (Wildman–Crippen MR) is 411 cm³/mol. The molecule has 0 aromatic rings. The number of aliphatic hydroxyl groups excluding tert-OH is 11. The van der Waals surface area contributed by atoms with Crippen LogP contribution in [0, 0.1) is 0 Å². The Kier molecular flexibility index (Phi) is 59.1. The van der Waals surface area contributed by atoms with Gasteiger partial charge in [-0.25, -0.2) is 0 Å². The van der Waals surface area contributed by atoms with E-state index in [4.69, 9.17) is 28.4 Å². The quantitative estimate of drug-likeness (QED) is 0.0199. The molecule has 0 aliphatic carbocycles. The number of nitrogens with one attached hydrogen (secondary N) is 1. The molecule has 0 aromatic heterocycles. The van der Waals surface area contributed by atoms with E-state index in [1.165, 1.54) is 250 Å². The largest absolute Gasteiger partial charge is 0.394 e. The molecular formula is C84H153NO18. The first-order valence-electron chi connectivity index (χ1n) is 42.0. The number of hydrogen-bond donors (Lipinski definition) is 12. The van der Waals surface area contributed by atoms with Gasteiger partial charge < -0.3 is 89.9 Å². The maximum Gasteiger partial charge on any atom is 0.220 e. The first-order chi connectivity index (χ1) is 50.3. The maximum absolute atomic E-state index is 13.5. The van der Waals surface area contributed by atoms with Gasteiger partial charge in [-0.3, -0.25) is 4.79 Å². The van der Waals surface area contributed by atoms with Crippen LogP contribution in [0.1, 0.15) is 335 Å². The van der Waals surface area contributed by atoms with E-state index in [1.54, 1.807) is 6.08 Å². The third-order valence-electron chi connectivity index (χ3n) is 20.8. The molecule has 0 spiro atoms. The summed E-state index contributed by atoms with van der Waals surface area (Å²) in [6.07, 6.45) is 56.6. The number of amides is 1. The van der Waals surface area contributed by atoms with Crippen LogP contribution in [-0.4, -0.2) is 193 Å². The molecule has 103 heavy (non-hydrogen) atoms. The van der Waals surface area contributed by atoms with Gasteiger partial charge in [0.05, 0.1) is 38.6 Å². The van der Waals surface area contributed by atoms with E-state index in [0.717, 1.165) is 51.4 Å². The standard InChI is InChI=1S/C84H153NO18/c1-3-5-7-9-11-13-15-17-19-21-23-24-25-26-27-28-29-30-31-32-33-34-35-36-37-38-39-40-41-42-44-46-48-50-52-54-56-58-60-62-72(90)85-67(68(89)61-59-57-55-53-51-49-47-45-43-22-20-18-16-14-12-10-8-6-4-2)66-98-82-78(96)75(93)80(70(64-87)100-82)103-84-79(97)76(94)81(71(65-88)101-84)102-83-77(95)74(92)73(91)69(63-86)99-83/h15,17,21,23,25-26,51,53,59,61,67-71,73-84,86-89,91-97H,3-14,16,18-20,22,24,27-50,52,54-58,60,62-66H2,1-2H3,(H,85,90)/b17-15-,23-21-,26-25-,53-51+,61-59+. The lowest BCUT2D eigenvalue weighted by Gasteiger charge is -2.48. The molecule has 19 heteroatoms. The second-order valence-electron chi connectivity index (χ2n) is 29.9. The summed E-state index contributed by atoms with van der Waals surface area (Å²) in [4.78, 5) is 13.5. The molecule has 1 amide bonds. The molecule has 0 aromatic carbocycles. The van der Waals surface area contributed by atoms with Crippen LogP contribution >= 0.6 is 0 Å². The summed E-state index contributed by atoms with van der Waals surface area (Å²) in [6.45, 7) is 1.74. The highest BCUT2D eigenvalue weighted by Crippen LogP contribution is 2.33.